The standard InChI is InChI=1S/C14H15ClN2O/c1-2-10(7-8-16)17-9-12-11-5-3-4-6-13(11)18-14(12)15/h3-6,10,17H,2,7,9H2,1H3. The van der Waals surface area contributed by atoms with E-state index in [2.05, 4.69) is 18.3 Å². The molecule has 0 saturated carbocycles. The van der Waals surface area contributed by atoms with Crippen molar-refractivity contribution in [2.24, 2.45) is 0 Å². The van der Waals surface area contributed by atoms with Crippen LogP contribution >= 0.6 is 11.6 Å². The summed E-state index contributed by atoms with van der Waals surface area (Å²) in [5, 5.41) is 13.5. The van der Waals surface area contributed by atoms with Gasteiger partial charge in [-0.2, -0.15) is 5.26 Å². The van der Waals surface area contributed by atoms with Crippen LogP contribution in [0.1, 0.15) is 25.3 Å². The van der Waals surface area contributed by atoms with Gasteiger partial charge in [0.2, 0.25) is 0 Å². The second-order valence-electron chi connectivity index (χ2n) is 4.20. The van der Waals surface area contributed by atoms with Crippen LogP contribution in [0.3, 0.4) is 0 Å². The molecule has 1 heterocycles. The predicted octanol–water partition coefficient (Wildman–Crippen LogP) is 3.87. The van der Waals surface area contributed by atoms with Gasteiger partial charge in [0.05, 0.1) is 12.5 Å². The molecule has 0 aliphatic rings. The van der Waals surface area contributed by atoms with Crippen LogP contribution < -0.4 is 5.32 Å². The summed E-state index contributed by atoms with van der Waals surface area (Å²) in [6, 6.07) is 10.2. The molecule has 1 unspecified atom stereocenters. The Morgan fingerprint density at radius 2 is 2.22 bits per heavy atom. The lowest BCUT2D eigenvalue weighted by Crippen LogP contribution is -2.27. The molecule has 0 bridgehead atoms. The number of nitriles is 1. The summed E-state index contributed by atoms with van der Waals surface area (Å²) in [6.45, 7) is 2.68. The smallest absolute Gasteiger partial charge is 0.199 e. The molecule has 2 rings (SSSR count). The van der Waals surface area contributed by atoms with E-state index >= 15 is 0 Å². The first kappa shape index (κ1) is 12.9. The van der Waals surface area contributed by atoms with Gasteiger partial charge in [0.1, 0.15) is 5.58 Å². The van der Waals surface area contributed by atoms with Crippen LogP contribution in [-0.2, 0) is 6.54 Å². The number of hydrogen-bond donors (Lipinski definition) is 1. The lowest BCUT2D eigenvalue weighted by Gasteiger charge is -2.12. The van der Waals surface area contributed by atoms with Crippen molar-refractivity contribution in [3.05, 3.63) is 35.0 Å². The van der Waals surface area contributed by atoms with Gasteiger partial charge in [-0.3, -0.25) is 0 Å². The van der Waals surface area contributed by atoms with Gasteiger partial charge in [-0.1, -0.05) is 25.1 Å². The highest BCUT2D eigenvalue weighted by atomic mass is 35.5. The van der Waals surface area contributed by atoms with Crippen LogP contribution in [0.5, 0.6) is 0 Å². The molecule has 0 aliphatic heterocycles. The Morgan fingerprint density at radius 3 is 2.94 bits per heavy atom. The number of rotatable bonds is 5. The number of para-hydroxylation sites is 1. The molecule has 0 saturated heterocycles. The fraction of sp³-hybridized carbons (Fsp3) is 0.357. The maximum Gasteiger partial charge on any atom is 0.199 e. The van der Waals surface area contributed by atoms with E-state index in [0.29, 0.717) is 18.2 Å². The van der Waals surface area contributed by atoms with Crippen molar-refractivity contribution in [1.82, 2.24) is 5.32 Å². The number of nitrogens with zero attached hydrogens (tertiary/aromatic N) is 1. The van der Waals surface area contributed by atoms with Crippen LogP contribution in [0, 0.1) is 11.3 Å². The van der Waals surface area contributed by atoms with Crippen molar-refractivity contribution in [1.29, 1.82) is 5.26 Å². The Balaban J connectivity index is 2.16. The van der Waals surface area contributed by atoms with Gasteiger partial charge in [-0.15, -0.1) is 0 Å². The average molecular weight is 263 g/mol. The van der Waals surface area contributed by atoms with Crippen molar-refractivity contribution < 1.29 is 4.42 Å². The number of hydrogen-bond acceptors (Lipinski definition) is 3. The number of furan rings is 1. The minimum absolute atomic E-state index is 0.194. The van der Waals surface area contributed by atoms with E-state index in [9.17, 15) is 0 Å². The molecule has 0 spiro atoms. The lowest BCUT2D eigenvalue weighted by molar-refractivity contribution is 0.502. The van der Waals surface area contributed by atoms with E-state index in [1.807, 2.05) is 24.3 Å². The molecule has 0 radical (unpaired) electrons. The second-order valence-corrected chi connectivity index (χ2v) is 4.54. The summed E-state index contributed by atoms with van der Waals surface area (Å²) in [4.78, 5) is 0. The highest BCUT2D eigenvalue weighted by molar-refractivity contribution is 6.30. The zero-order valence-corrected chi connectivity index (χ0v) is 11.0. The molecule has 1 aromatic heterocycles. The Bertz CT molecular complexity index is 571. The van der Waals surface area contributed by atoms with E-state index in [1.54, 1.807) is 0 Å². The van der Waals surface area contributed by atoms with Crippen molar-refractivity contribution in [3.8, 4) is 6.07 Å². The van der Waals surface area contributed by atoms with Crippen LogP contribution in [-0.4, -0.2) is 6.04 Å². The molecule has 2 aromatic rings. The first-order valence-corrected chi connectivity index (χ1v) is 6.40. The van der Waals surface area contributed by atoms with Gasteiger partial charge < -0.3 is 9.73 Å². The van der Waals surface area contributed by atoms with Crippen LogP contribution in [0.4, 0.5) is 0 Å². The van der Waals surface area contributed by atoms with E-state index in [-0.39, 0.29) is 6.04 Å². The predicted molar refractivity (Wildman–Crippen MR) is 72.4 cm³/mol. The van der Waals surface area contributed by atoms with Crippen molar-refractivity contribution in [2.75, 3.05) is 0 Å². The summed E-state index contributed by atoms with van der Waals surface area (Å²) >= 11 is 6.10. The summed E-state index contributed by atoms with van der Waals surface area (Å²) in [6.07, 6.45) is 1.42. The van der Waals surface area contributed by atoms with Gasteiger partial charge in [0, 0.05) is 23.5 Å². The van der Waals surface area contributed by atoms with Gasteiger partial charge >= 0.3 is 0 Å². The average Bonchev–Trinajstić information content (AvgIpc) is 2.70. The lowest BCUT2D eigenvalue weighted by atomic mass is 10.1. The van der Waals surface area contributed by atoms with Gasteiger partial charge in [0.15, 0.2) is 5.22 Å². The van der Waals surface area contributed by atoms with Gasteiger partial charge in [-0.05, 0) is 24.1 Å². The summed E-state index contributed by atoms with van der Waals surface area (Å²) in [5.41, 5.74) is 1.76. The van der Waals surface area contributed by atoms with E-state index in [1.165, 1.54) is 0 Å². The summed E-state index contributed by atoms with van der Waals surface area (Å²) in [5.74, 6) is 0. The Labute approximate surface area is 111 Å². The SMILES string of the molecule is CCC(CC#N)NCc1c(Cl)oc2ccccc12. The van der Waals surface area contributed by atoms with Crippen molar-refractivity contribution in [3.63, 3.8) is 0 Å². The van der Waals surface area contributed by atoms with Crippen LogP contribution in [0.15, 0.2) is 28.7 Å². The molecule has 1 aromatic carbocycles. The monoisotopic (exact) mass is 262 g/mol. The highest BCUT2D eigenvalue weighted by Crippen LogP contribution is 2.29. The first-order valence-electron chi connectivity index (χ1n) is 6.02. The third kappa shape index (κ3) is 2.66. The second kappa shape index (κ2) is 5.90. The Hall–Kier alpha value is -1.50. The summed E-state index contributed by atoms with van der Waals surface area (Å²) in [7, 11) is 0. The maximum absolute atomic E-state index is 8.72. The number of halogens is 1. The topological polar surface area (TPSA) is 49.0 Å². The fourth-order valence-electron chi connectivity index (χ4n) is 1.95. The van der Waals surface area contributed by atoms with Crippen molar-refractivity contribution >= 4 is 22.6 Å². The van der Waals surface area contributed by atoms with Crippen LogP contribution in [0.2, 0.25) is 5.22 Å². The molecule has 18 heavy (non-hydrogen) atoms. The number of benzene rings is 1. The van der Waals surface area contributed by atoms with Crippen molar-refractivity contribution in [2.45, 2.75) is 32.4 Å². The fourth-order valence-corrected chi connectivity index (χ4v) is 2.20. The quantitative estimate of drug-likeness (QED) is 0.890. The molecule has 0 fully saturated rings. The first-order chi connectivity index (χ1) is 8.76. The molecular formula is C14H15ClN2O. The van der Waals surface area contributed by atoms with Gasteiger partial charge in [0.25, 0.3) is 0 Å². The molecule has 1 N–H and O–H groups in total. The van der Waals surface area contributed by atoms with E-state index < -0.39 is 0 Å². The molecule has 0 amide bonds. The summed E-state index contributed by atoms with van der Waals surface area (Å²) < 4.78 is 5.49. The zero-order valence-electron chi connectivity index (χ0n) is 10.2. The van der Waals surface area contributed by atoms with E-state index in [0.717, 1.165) is 23.0 Å². The Morgan fingerprint density at radius 1 is 1.44 bits per heavy atom. The molecule has 94 valence electrons. The molecule has 4 heteroatoms. The highest BCUT2D eigenvalue weighted by Gasteiger charge is 2.13. The molecular weight excluding hydrogens is 248 g/mol. The number of nitrogens with one attached hydrogen (secondary N) is 1. The largest absolute Gasteiger partial charge is 0.444 e. The minimum Gasteiger partial charge on any atom is -0.444 e. The van der Waals surface area contributed by atoms with Gasteiger partial charge in [-0.25, -0.2) is 0 Å². The van der Waals surface area contributed by atoms with Crippen LogP contribution in [0.25, 0.3) is 11.0 Å². The molecule has 0 aliphatic carbocycles. The number of fused-ring (bicyclic) bond motifs is 1. The maximum atomic E-state index is 8.72. The normalized spacial score (nSPS) is 12.5. The third-order valence-electron chi connectivity index (χ3n) is 3.05. The minimum atomic E-state index is 0.194. The third-order valence-corrected chi connectivity index (χ3v) is 3.35. The molecule has 1 atom stereocenters. The zero-order chi connectivity index (χ0) is 13.0. The Kier molecular flexibility index (Phi) is 4.24. The molecule has 3 nitrogen and oxygen atoms in total. The van der Waals surface area contributed by atoms with E-state index in [4.69, 9.17) is 21.3 Å².